The molecule has 0 radical (unpaired) electrons. The molecule has 0 amide bonds. The molecule has 0 aromatic rings. The molecular formula is C7H15N3O. The number of hydroxylamine groups is 2. The van der Waals surface area contributed by atoms with E-state index in [1.165, 1.54) is 6.42 Å². The molecule has 0 aromatic heterocycles. The third kappa shape index (κ3) is 1.39. The van der Waals surface area contributed by atoms with Gasteiger partial charge in [-0.25, -0.2) is 4.90 Å². The van der Waals surface area contributed by atoms with Gasteiger partial charge in [0.25, 0.3) is 0 Å². The summed E-state index contributed by atoms with van der Waals surface area (Å²) in [6, 6.07) is 0. The molecule has 0 bridgehead atoms. The molecule has 2 N–H and O–H groups in total. The maximum absolute atomic E-state index is 11.3. The van der Waals surface area contributed by atoms with Gasteiger partial charge in [-0.2, -0.15) is 0 Å². The van der Waals surface area contributed by atoms with Crippen molar-refractivity contribution in [1.82, 2.24) is 10.2 Å². The molecule has 0 spiro atoms. The number of hydrogen-bond acceptors (Lipinski definition) is 3. The number of nitrogens with zero attached hydrogens (tertiary/aromatic N) is 1. The standard InChI is InChI=1S/C7H15N3O/c11-10-6-2-5-9-4-1-3-8-7(9)10/h7-8,10H,1-6H2. The van der Waals surface area contributed by atoms with Crippen molar-refractivity contribution in [2.24, 2.45) is 0 Å². The molecule has 2 unspecified atom stereocenters. The molecule has 4 heteroatoms. The van der Waals surface area contributed by atoms with Crippen LogP contribution in [0.3, 0.4) is 0 Å². The van der Waals surface area contributed by atoms with Crippen molar-refractivity contribution >= 4 is 0 Å². The van der Waals surface area contributed by atoms with Crippen LogP contribution in [0.1, 0.15) is 12.8 Å². The molecule has 2 atom stereocenters. The summed E-state index contributed by atoms with van der Waals surface area (Å²) in [5.74, 6) is 0. The van der Waals surface area contributed by atoms with E-state index in [1.807, 2.05) is 0 Å². The fourth-order valence-corrected chi connectivity index (χ4v) is 1.93. The third-order valence-corrected chi connectivity index (χ3v) is 2.50. The van der Waals surface area contributed by atoms with Crippen molar-refractivity contribution < 1.29 is 5.06 Å². The Balaban J connectivity index is 1.99. The van der Waals surface area contributed by atoms with Gasteiger partial charge in [-0.3, -0.25) is 5.32 Å². The van der Waals surface area contributed by atoms with Crippen LogP contribution < -0.4 is 10.4 Å². The van der Waals surface area contributed by atoms with Crippen LogP contribution in [0, 0.1) is 5.21 Å². The van der Waals surface area contributed by atoms with E-state index in [9.17, 15) is 5.21 Å². The zero-order valence-corrected chi connectivity index (χ0v) is 6.68. The molecule has 11 heavy (non-hydrogen) atoms. The molecule has 64 valence electrons. The van der Waals surface area contributed by atoms with E-state index in [4.69, 9.17) is 0 Å². The van der Waals surface area contributed by atoms with Crippen LogP contribution in [0.2, 0.25) is 0 Å². The zero-order valence-electron chi connectivity index (χ0n) is 6.68. The molecule has 0 aromatic carbocycles. The molecular weight excluding hydrogens is 142 g/mol. The highest BCUT2D eigenvalue weighted by Crippen LogP contribution is 2.03. The first-order chi connectivity index (χ1) is 5.38. The Morgan fingerprint density at radius 3 is 3.00 bits per heavy atom. The number of rotatable bonds is 0. The van der Waals surface area contributed by atoms with Gasteiger partial charge in [-0.05, 0) is 6.42 Å². The Kier molecular flexibility index (Phi) is 2.09. The molecule has 2 heterocycles. The first kappa shape index (κ1) is 7.49. The summed E-state index contributed by atoms with van der Waals surface area (Å²) in [7, 11) is 0. The molecule has 2 aliphatic heterocycles. The highest BCUT2D eigenvalue weighted by Gasteiger charge is 2.29. The maximum atomic E-state index is 11.3. The lowest BCUT2D eigenvalue weighted by atomic mass is 10.2. The fraction of sp³-hybridized carbons (Fsp3) is 1.00. The molecule has 0 aliphatic carbocycles. The Bertz CT molecular complexity index is 140. The van der Waals surface area contributed by atoms with E-state index < -0.39 is 0 Å². The summed E-state index contributed by atoms with van der Waals surface area (Å²) >= 11 is 0. The highest BCUT2D eigenvalue weighted by molar-refractivity contribution is 4.70. The Labute approximate surface area is 66.7 Å². The van der Waals surface area contributed by atoms with Crippen molar-refractivity contribution in [3.05, 3.63) is 5.21 Å². The minimum absolute atomic E-state index is 0.0671. The second-order valence-corrected chi connectivity index (χ2v) is 3.32. The largest absolute Gasteiger partial charge is 0.632 e. The predicted molar refractivity (Wildman–Crippen MR) is 41.8 cm³/mol. The number of hydrogen-bond donors (Lipinski definition) is 2. The molecule has 0 saturated carbocycles. The predicted octanol–water partition coefficient (Wildman–Crippen LogP) is -1.65. The van der Waals surface area contributed by atoms with Crippen LogP contribution in [-0.4, -0.2) is 37.4 Å². The van der Waals surface area contributed by atoms with Crippen LogP contribution in [0.25, 0.3) is 0 Å². The van der Waals surface area contributed by atoms with Crippen molar-refractivity contribution in [2.45, 2.75) is 19.1 Å². The van der Waals surface area contributed by atoms with Gasteiger partial charge in [-0.1, -0.05) is 0 Å². The van der Waals surface area contributed by atoms with E-state index in [0.29, 0.717) is 5.06 Å². The first-order valence-electron chi connectivity index (χ1n) is 4.38. The van der Waals surface area contributed by atoms with Gasteiger partial charge in [0.1, 0.15) is 0 Å². The summed E-state index contributed by atoms with van der Waals surface area (Å²) in [5.41, 5.74) is 0. The number of quaternary nitrogens is 1. The normalized spacial score (nSPS) is 40.1. The lowest BCUT2D eigenvalue weighted by molar-refractivity contribution is -0.900. The minimum Gasteiger partial charge on any atom is -0.632 e. The quantitative estimate of drug-likeness (QED) is 0.414. The van der Waals surface area contributed by atoms with Gasteiger partial charge < -0.3 is 10.3 Å². The van der Waals surface area contributed by atoms with Crippen molar-refractivity contribution in [3.63, 3.8) is 0 Å². The Morgan fingerprint density at radius 2 is 2.18 bits per heavy atom. The number of nitrogens with one attached hydrogen (secondary N) is 2. The second-order valence-electron chi connectivity index (χ2n) is 3.32. The van der Waals surface area contributed by atoms with Crippen molar-refractivity contribution in [2.75, 3.05) is 26.2 Å². The van der Waals surface area contributed by atoms with Crippen LogP contribution >= 0.6 is 0 Å². The average Bonchev–Trinajstić information content (AvgIpc) is 2.06. The molecule has 2 rings (SSSR count). The topological polar surface area (TPSA) is 42.8 Å². The lowest BCUT2D eigenvalue weighted by Gasteiger charge is -2.45. The third-order valence-electron chi connectivity index (χ3n) is 2.50. The first-order valence-corrected chi connectivity index (χ1v) is 4.38. The van der Waals surface area contributed by atoms with Crippen LogP contribution in [0.4, 0.5) is 0 Å². The number of fused-ring (bicyclic) bond motifs is 1. The van der Waals surface area contributed by atoms with Gasteiger partial charge in [0.05, 0.1) is 6.54 Å². The van der Waals surface area contributed by atoms with Crippen LogP contribution in [-0.2, 0) is 0 Å². The van der Waals surface area contributed by atoms with E-state index >= 15 is 0 Å². The van der Waals surface area contributed by atoms with Gasteiger partial charge in [0, 0.05) is 26.1 Å². The van der Waals surface area contributed by atoms with Crippen LogP contribution in [0.15, 0.2) is 0 Å². The van der Waals surface area contributed by atoms with E-state index in [1.54, 1.807) is 0 Å². The monoisotopic (exact) mass is 157 g/mol. The highest BCUT2D eigenvalue weighted by atomic mass is 16.5. The van der Waals surface area contributed by atoms with E-state index in [-0.39, 0.29) is 6.29 Å². The molecule has 4 nitrogen and oxygen atoms in total. The second kappa shape index (κ2) is 3.06. The van der Waals surface area contributed by atoms with Crippen LogP contribution in [0.5, 0.6) is 0 Å². The zero-order chi connectivity index (χ0) is 7.68. The summed E-state index contributed by atoms with van der Waals surface area (Å²) < 4.78 is 0. The minimum atomic E-state index is 0.0671. The molecule has 2 aliphatic rings. The van der Waals surface area contributed by atoms with Crippen molar-refractivity contribution in [3.8, 4) is 0 Å². The van der Waals surface area contributed by atoms with E-state index in [2.05, 4.69) is 10.2 Å². The van der Waals surface area contributed by atoms with Crippen molar-refractivity contribution in [1.29, 1.82) is 0 Å². The fourth-order valence-electron chi connectivity index (χ4n) is 1.93. The smallest absolute Gasteiger partial charge is 0.200 e. The van der Waals surface area contributed by atoms with E-state index in [0.717, 1.165) is 32.6 Å². The SMILES string of the molecule is [O-][NH+]1CCCN2CCCNC21. The van der Waals surface area contributed by atoms with Gasteiger partial charge in [0.15, 0.2) is 0 Å². The lowest BCUT2D eigenvalue weighted by Crippen LogP contribution is -3.17. The maximum Gasteiger partial charge on any atom is 0.200 e. The molecule has 2 fully saturated rings. The van der Waals surface area contributed by atoms with Gasteiger partial charge >= 0.3 is 0 Å². The molecule has 2 saturated heterocycles. The summed E-state index contributed by atoms with van der Waals surface area (Å²) in [6.45, 7) is 3.98. The Morgan fingerprint density at radius 1 is 1.36 bits per heavy atom. The summed E-state index contributed by atoms with van der Waals surface area (Å²) in [4.78, 5) is 2.26. The average molecular weight is 157 g/mol. The van der Waals surface area contributed by atoms with Gasteiger partial charge in [0.2, 0.25) is 6.29 Å². The summed E-state index contributed by atoms with van der Waals surface area (Å²) in [5, 5.41) is 15.0. The Hall–Kier alpha value is -0.160. The summed E-state index contributed by atoms with van der Waals surface area (Å²) in [6.07, 6.45) is 2.30. The van der Waals surface area contributed by atoms with Gasteiger partial charge in [-0.15, -0.1) is 0 Å².